The maximum atomic E-state index is 5.92. The summed E-state index contributed by atoms with van der Waals surface area (Å²) in [6, 6.07) is 19.7. The summed E-state index contributed by atoms with van der Waals surface area (Å²) in [5.41, 5.74) is 1.93. The Morgan fingerprint density at radius 3 is 2.11 bits per heavy atom. The Hall–Kier alpha value is -2.13. The van der Waals surface area contributed by atoms with Crippen LogP contribution < -0.4 is 0 Å². The van der Waals surface area contributed by atoms with Crippen LogP contribution in [0.5, 0.6) is 0 Å². The van der Waals surface area contributed by atoms with Gasteiger partial charge in [0.15, 0.2) is 5.82 Å². The Labute approximate surface area is 110 Å². The van der Waals surface area contributed by atoms with E-state index >= 15 is 0 Å². The second kappa shape index (κ2) is 4.63. The van der Waals surface area contributed by atoms with Gasteiger partial charge in [-0.3, -0.25) is 0 Å². The van der Waals surface area contributed by atoms with Gasteiger partial charge in [-0.1, -0.05) is 48.5 Å². The minimum Gasteiger partial charge on any atom is -0.212 e. The quantitative estimate of drug-likeness (QED) is 0.701. The smallest absolute Gasteiger partial charge is 0.212 e. The second-order valence-electron chi connectivity index (χ2n) is 3.82. The van der Waals surface area contributed by atoms with E-state index in [-0.39, 0.29) is 5.28 Å². The van der Waals surface area contributed by atoms with E-state index in [1.807, 2.05) is 60.7 Å². The number of aromatic nitrogens is 3. The number of hydrogen-bond acceptors (Lipinski definition) is 2. The molecule has 4 heteroatoms. The monoisotopic (exact) mass is 255 g/mol. The van der Waals surface area contributed by atoms with Crippen LogP contribution in [-0.4, -0.2) is 14.8 Å². The molecular weight excluding hydrogens is 246 g/mol. The number of para-hydroxylation sites is 1. The maximum absolute atomic E-state index is 5.92. The Morgan fingerprint density at radius 2 is 1.44 bits per heavy atom. The van der Waals surface area contributed by atoms with E-state index in [9.17, 15) is 0 Å². The van der Waals surface area contributed by atoms with Crippen molar-refractivity contribution in [2.75, 3.05) is 0 Å². The predicted molar refractivity (Wildman–Crippen MR) is 71.8 cm³/mol. The minimum absolute atomic E-state index is 0.248. The molecule has 0 saturated carbocycles. The number of rotatable bonds is 2. The third-order valence-electron chi connectivity index (χ3n) is 2.61. The van der Waals surface area contributed by atoms with Crippen molar-refractivity contribution in [3.63, 3.8) is 0 Å². The highest BCUT2D eigenvalue weighted by atomic mass is 35.5. The molecule has 0 atom stereocenters. The van der Waals surface area contributed by atoms with Crippen molar-refractivity contribution in [1.29, 1.82) is 0 Å². The fourth-order valence-corrected chi connectivity index (χ4v) is 1.97. The largest absolute Gasteiger partial charge is 0.243 e. The molecule has 3 aromatic rings. The molecule has 0 spiro atoms. The SMILES string of the molecule is Clc1nc(-c2ccccc2)n(-c2ccccc2)n1. The average Bonchev–Trinajstić information content (AvgIpc) is 2.83. The topological polar surface area (TPSA) is 30.7 Å². The molecule has 0 unspecified atom stereocenters. The first-order valence-electron chi connectivity index (χ1n) is 5.58. The van der Waals surface area contributed by atoms with Crippen molar-refractivity contribution in [2.24, 2.45) is 0 Å². The lowest BCUT2D eigenvalue weighted by molar-refractivity contribution is 0.887. The fraction of sp³-hybridized carbons (Fsp3) is 0. The molecule has 88 valence electrons. The van der Waals surface area contributed by atoms with Crippen molar-refractivity contribution >= 4 is 11.6 Å². The van der Waals surface area contributed by atoms with Crippen LogP contribution in [0.3, 0.4) is 0 Å². The fourth-order valence-electron chi connectivity index (χ4n) is 1.81. The van der Waals surface area contributed by atoms with Crippen LogP contribution >= 0.6 is 11.6 Å². The zero-order valence-corrected chi connectivity index (χ0v) is 10.2. The van der Waals surface area contributed by atoms with Crippen molar-refractivity contribution in [2.45, 2.75) is 0 Å². The lowest BCUT2D eigenvalue weighted by atomic mass is 10.2. The molecule has 2 aromatic carbocycles. The molecule has 0 N–H and O–H groups in total. The molecule has 0 aliphatic rings. The Morgan fingerprint density at radius 1 is 0.833 bits per heavy atom. The van der Waals surface area contributed by atoms with E-state index in [1.54, 1.807) is 4.68 Å². The first-order chi connectivity index (χ1) is 8.84. The van der Waals surface area contributed by atoms with Gasteiger partial charge in [-0.15, -0.1) is 5.10 Å². The van der Waals surface area contributed by atoms with Gasteiger partial charge in [-0.05, 0) is 23.7 Å². The Bertz CT molecular complexity index is 590. The number of halogens is 1. The first-order valence-corrected chi connectivity index (χ1v) is 5.96. The molecule has 0 amide bonds. The zero-order valence-electron chi connectivity index (χ0n) is 9.49. The summed E-state index contributed by atoms with van der Waals surface area (Å²) in [4.78, 5) is 4.27. The molecule has 0 fully saturated rings. The van der Waals surface area contributed by atoms with E-state index < -0.39 is 0 Å². The van der Waals surface area contributed by atoms with Gasteiger partial charge in [0, 0.05) is 5.56 Å². The van der Waals surface area contributed by atoms with Crippen LogP contribution in [0.25, 0.3) is 17.1 Å². The van der Waals surface area contributed by atoms with Crippen LogP contribution in [0, 0.1) is 0 Å². The van der Waals surface area contributed by atoms with Crippen molar-refractivity contribution in [3.05, 3.63) is 65.9 Å². The van der Waals surface area contributed by atoms with Crippen LogP contribution in [0.2, 0.25) is 5.28 Å². The molecule has 0 saturated heterocycles. The molecule has 1 aromatic heterocycles. The average molecular weight is 256 g/mol. The number of hydrogen-bond donors (Lipinski definition) is 0. The number of benzene rings is 2. The van der Waals surface area contributed by atoms with Gasteiger partial charge in [-0.25, -0.2) is 4.68 Å². The van der Waals surface area contributed by atoms with E-state index in [0.29, 0.717) is 0 Å². The lowest BCUT2D eigenvalue weighted by Gasteiger charge is -2.05. The van der Waals surface area contributed by atoms with Crippen molar-refractivity contribution in [3.8, 4) is 17.1 Å². The molecule has 18 heavy (non-hydrogen) atoms. The normalized spacial score (nSPS) is 10.5. The summed E-state index contributed by atoms with van der Waals surface area (Å²) in [5.74, 6) is 0.742. The van der Waals surface area contributed by atoms with Gasteiger partial charge in [0.25, 0.3) is 0 Å². The highest BCUT2D eigenvalue weighted by Gasteiger charge is 2.11. The molecule has 0 aliphatic carbocycles. The van der Waals surface area contributed by atoms with Crippen LogP contribution in [-0.2, 0) is 0 Å². The van der Waals surface area contributed by atoms with E-state index in [0.717, 1.165) is 17.1 Å². The van der Waals surface area contributed by atoms with Gasteiger partial charge >= 0.3 is 0 Å². The first kappa shape index (κ1) is 11.0. The molecule has 1 heterocycles. The van der Waals surface area contributed by atoms with Gasteiger partial charge in [-0.2, -0.15) is 4.98 Å². The van der Waals surface area contributed by atoms with Gasteiger partial charge in [0.1, 0.15) is 0 Å². The molecule has 0 bridgehead atoms. The van der Waals surface area contributed by atoms with Crippen LogP contribution in [0.15, 0.2) is 60.7 Å². The van der Waals surface area contributed by atoms with Crippen LogP contribution in [0.1, 0.15) is 0 Å². The highest BCUT2D eigenvalue weighted by molar-refractivity contribution is 6.28. The van der Waals surface area contributed by atoms with Crippen molar-refractivity contribution in [1.82, 2.24) is 14.8 Å². The van der Waals surface area contributed by atoms with Crippen LogP contribution in [0.4, 0.5) is 0 Å². The summed E-state index contributed by atoms with van der Waals surface area (Å²) < 4.78 is 1.75. The molecule has 3 rings (SSSR count). The summed E-state index contributed by atoms with van der Waals surface area (Å²) in [6.07, 6.45) is 0. The molecular formula is C14H10ClN3. The minimum atomic E-state index is 0.248. The Kier molecular flexibility index (Phi) is 2.82. The third kappa shape index (κ3) is 2.00. The summed E-state index contributed by atoms with van der Waals surface area (Å²) in [7, 11) is 0. The van der Waals surface area contributed by atoms with Crippen molar-refractivity contribution < 1.29 is 0 Å². The predicted octanol–water partition coefficient (Wildman–Crippen LogP) is 3.59. The lowest BCUT2D eigenvalue weighted by Crippen LogP contribution is -1.98. The zero-order chi connectivity index (χ0) is 12.4. The van der Waals surface area contributed by atoms with Gasteiger partial charge in [0.2, 0.25) is 5.28 Å². The Balaban J connectivity index is 2.17. The van der Waals surface area contributed by atoms with E-state index in [2.05, 4.69) is 10.1 Å². The molecule has 0 aliphatic heterocycles. The summed E-state index contributed by atoms with van der Waals surface area (Å²) in [6.45, 7) is 0. The third-order valence-corrected chi connectivity index (χ3v) is 2.77. The van der Waals surface area contributed by atoms with E-state index in [4.69, 9.17) is 11.6 Å². The summed E-state index contributed by atoms with van der Waals surface area (Å²) in [5, 5.41) is 4.48. The van der Waals surface area contributed by atoms with Gasteiger partial charge in [0.05, 0.1) is 5.69 Å². The van der Waals surface area contributed by atoms with E-state index in [1.165, 1.54) is 0 Å². The molecule has 3 nitrogen and oxygen atoms in total. The maximum Gasteiger partial charge on any atom is 0.243 e. The number of nitrogens with zero attached hydrogens (tertiary/aromatic N) is 3. The van der Waals surface area contributed by atoms with Gasteiger partial charge < -0.3 is 0 Å². The highest BCUT2D eigenvalue weighted by Crippen LogP contribution is 2.22. The summed E-state index contributed by atoms with van der Waals surface area (Å²) >= 11 is 5.92. The molecule has 0 radical (unpaired) electrons. The standard InChI is InChI=1S/C14H10ClN3/c15-14-16-13(11-7-3-1-4-8-11)18(17-14)12-9-5-2-6-10-12/h1-10H. The second-order valence-corrected chi connectivity index (χ2v) is 4.16.